The highest BCUT2D eigenvalue weighted by molar-refractivity contribution is 7.92. The first-order chi connectivity index (χ1) is 20.2. The van der Waals surface area contributed by atoms with Crippen LogP contribution in [0.15, 0.2) is 83.8 Å². The van der Waals surface area contributed by atoms with Crippen molar-refractivity contribution in [2.45, 2.75) is 69.5 Å². The van der Waals surface area contributed by atoms with Crippen LogP contribution in [0.3, 0.4) is 0 Å². The van der Waals surface area contributed by atoms with Crippen LogP contribution in [0, 0.1) is 5.82 Å². The predicted octanol–water partition coefficient (Wildman–Crippen LogP) is 5.29. The Bertz CT molecular complexity index is 1430. The van der Waals surface area contributed by atoms with Crippen molar-refractivity contribution in [2.24, 2.45) is 0 Å². The van der Waals surface area contributed by atoms with E-state index in [0.29, 0.717) is 24.3 Å². The van der Waals surface area contributed by atoms with E-state index in [1.165, 1.54) is 29.2 Å². The van der Waals surface area contributed by atoms with Gasteiger partial charge in [-0.1, -0.05) is 50.1 Å². The summed E-state index contributed by atoms with van der Waals surface area (Å²) in [6, 6.07) is 19.3. The van der Waals surface area contributed by atoms with Crippen LogP contribution in [0.1, 0.15) is 51.5 Å². The number of carbonyl (C=O) groups excluding carboxylic acids is 2. The predicted molar refractivity (Wildman–Crippen MR) is 160 cm³/mol. The molecule has 224 valence electrons. The number of hydrogen-bond acceptors (Lipinski definition) is 5. The van der Waals surface area contributed by atoms with E-state index in [4.69, 9.17) is 4.74 Å². The standard InChI is InChI=1S/C32H38FN3O5S/c1-3-30(32(38)34-26-10-8-9-11-26)35(22-24-14-16-25(33)17-15-24)31(37)23-36(27-18-20-28(21-19-27)41-4-2)42(39,40)29-12-6-5-7-13-29/h5-7,12-21,26,30H,3-4,8-11,22-23H2,1-2H3,(H,34,38). The molecule has 10 heteroatoms. The van der Waals surface area contributed by atoms with E-state index in [2.05, 4.69) is 5.32 Å². The molecule has 1 atom stereocenters. The molecule has 8 nitrogen and oxygen atoms in total. The third-order valence-corrected chi connectivity index (χ3v) is 9.19. The number of benzene rings is 3. The lowest BCUT2D eigenvalue weighted by Gasteiger charge is -2.33. The minimum Gasteiger partial charge on any atom is -0.494 e. The average Bonchev–Trinajstić information content (AvgIpc) is 3.51. The Balaban J connectivity index is 1.70. The molecule has 2 amide bonds. The van der Waals surface area contributed by atoms with E-state index in [-0.39, 0.29) is 29.1 Å². The first-order valence-electron chi connectivity index (χ1n) is 14.4. The van der Waals surface area contributed by atoms with Crippen LogP contribution < -0.4 is 14.4 Å². The molecule has 3 aromatic rings. The van der Waals surface area contributed by atoms with Gasteiger partial charge in [0.1, 0.15) is 24.2 Å². The van der Waals surface area contributed by atoms with Crippen molar-refractivity contribution in [1.82, 2.24) is 10.2 Å². The topological polar surface area (TPSA) is 96.0 Å². The minimum absolute atomic E-state index is 0.0121. The molecule has 4 rings (SSSR count). The Morgan fingerprint density at radius 2 is 1.60 bits per heavy atom. The maximum atomic E-state index is 14.1. The summed E-state index contributed by atoms with van der Waals surface area (Å²) in [4.78, 5) is 29.0. The van der Waals surface area contributed by atoms with Gasteiger partial charge >= 0.3 is 0 Å². The summed E-state index contributed by atoms with van der Waals surface area (Å²) in [6.45, 7) is 3.58. The van der Waals surface area contributed by atoms with E-state index in [9.17, 15) is 22.4 Å². The maximum absolute atomic E-state index is 14.1. The van der Waals surface area contributed by atoms with Gasteiger partial charge < -0.3 is 15.0 Å². The zero-order valence-corrected chi connectivity index (χ0v) is 24.9. The van der Waals surface area contributed by atoms with Crippen molar-refractivity contribution in [3.63, 3.8) is 0 Å². The first-order valence-corrected chi connectivity index (χ1v) is 15.8. The molecule has 0 heterocycles. The highest BCUT2D eigenvalue weighted by Gasteiger charge is 2.34. The van der Waals surface area contributed by atoms with Crippen molar-refractivity contribution in [3.8, 4) is 5.75 Å². The Morgan fingerprint density at radius 3 is 2.19 bits per heavy atom. The van der Waals surface area contributed by atoms with Crippen molar-refractivity contribution >= 4 is 27.5 Å². The Kier molecular flexibility index (Phi) is 10.6. The summed E-state index contributed by atoms with van der Waals surface area (Å²) < 4.78 is 48.0. The first kappa shape index (κ1) is 31.0. The average molecular weight is 596 g/mol. The van der Waals surface area contributed by atoms with Crippen LogP contribution >= 0.6 is 0 Å². The van der Waals surface area contributed by atoms with Crippen LogP contribution in [-0.2, 0) is 26.2 Å². The normalized spacial score (nSPS) is 14.3. The van der Waals surface area contributed by atoms with E-state index < -0.39 is 34.3 Å². The Labute approximate surface area is 247 Å². The van der Waals surface area contributed by atoms with Gasteiger partial charge in [0.25, 0.3) is 10.0 Å². The number of nitrogens with zero attached hydrogens (tertiary/aromatic N) is 2. The molecule has 1 aliphatic rings. The molecule has 1 fully saturated rings. The van der Waals surface area contributed by atoms with Gasteiger partial charge in [-0.15, -0.1) is 0 Å². The van der Waals surface area contributed by atoms with Crippen molar-refractivity contribution < 1.29 is 27.1 Å². The molecule has 0 radical (unpaired) electrons. The van der Waals surface area contributed by atoms with E-state index >= 15 is 0 Å². The van der Waals surface area contributed by atoms with Crippen LogP contribution in [0.25, 0.3) is 0 Å². The molecule has 1 aliphatic carbocycles. The van der Waals surface area contributed by atoms with Gasteiger partial charge in [0.2, 0.25) is 11.8 Å². The lowest BCUT2D eigenvalue weighted by atomic mass is 10.1. The summed E-state index contributed by atoms with van der Waals surface area (Å²) in [7, 11) is -4.16. The molecule has 0 aromatic heterocycles. The number of hydrogen-bond donors (Lipinski definition) is 1. The molecule has 0 aliphatic heterocycles. The maximum Gasteiger partial charge on any atom is 0.264 e. The number of carbonyl (C=O) groups is 2. The minimum atomic E-state index is -4.16. The number of ether oxygens (including phenoxy) is 1. The second-order valence-corrected chi connectivity index (χ2v) is 12.2. The SMILES string of the molecule is CCOc1ccc(N(CC(=O)N(Cc2ccc(F)cc2)C(CC)C(=O)NC2CCCC2)S(=O)(=O)c2ccccc2)cc1. The summed E-state index contributed by atoms with van der Waals surface area (Å²) in [5.41, 5.74) is 0.899. The molecule has 42 heavy (non-hydrogen) atoms. The summed E-state index contributed by atoms with van der Waals surface area (Å²) in [5, 5.41) is 3.08. The largest absolute Gasteiger partial charge is 0.494 e. The highest BCUT2D eigenvalue weighted by Crippen LogP contribution is 2.27. The summed E-state index contributed by atoms with van der Waals surface area (Å²) >= 11 is 0. The van der Waals surface area contributed by atoms with Gasteiger partial charge in [-0.05, 0) is 80.3 Å². The van der Waals surface area contributed by atoms with Crippen LogP contribution in [-0.4, -0.2) is 50.4 Å². The molecule has 1 saturated carbocycles. The van der Waals surface area contributed by atoms with Gasteiger partial charge in [0, 0.05) is 12.6 Å². The van der Waals surface area contributed by atoms with Crippen molar-refractivity contribution in [2.75, 3.05) is 17.5 Å². The van der Waals surface area contributed by atoms with Crippen LogP contribution in [0.2, 0.25) is 0 Å². The number of anilines is 1. The van der Waals surface area contributed by atoms with E-state index in [0.717, 1.165) is 30.0 Å². The molecule has 0 bridgehead atoms. The lowest BCUT2D eigenvalue weighted by molar-refractivity contribution is -0.140. The van der Waals surface area contributed by atoms with E-state index in [1.807, 2.05) is 13.8 Å². The summed E-state index contributed by atoms with van der Waals surface area (Å²) in [6.07, 6.45) is 4.16. The fraction of sp³-hybridized carbons (Fsp3) is 0.375. The monoisotopic (exact) mass is 595 g/mol. The Hall–Kier alpha value is -3.92. The fourth-order valence-electron chi connectivity index (χ4n) is 5.20. The molecule has 0 saturated heterocycles. The van der Waals surface area contributed by atoms with Crippen LogP contribution in [0.5, 0.6) is 5.75 Å². The number of halogens is 1. The lowest BCUT2D eigenvalue weighted by Crippen LogP contribution is -2.53. The summed E-state index contributed by atoms with van der Waals surface area (Å²) in [5.74, 6) is -0.685. The Morgan fingerprint density at radius 1 is 0.952 bits per heavy atom. The second kappa shape index (κ2) is 14.3. The second-order valence-electron chi connectivity index (χ2n) is 10.3. The highest BCUT2D eigenvalue weighted by atomic mass is 32.2. The number of rotatable bonds is 13. The van der Waals surface area contributed by atoms with Gasteiger partial charge in [-0.2, -0.15) is 0 Å². The van der Waals surface area contributed by atoms with Crippen molar-refractivity contribution in [3.05, 3.63) is 90.2 Å². The van der Waals surface area contributed by atoms with Gasteiger partial charge in [0.15, 0.2) is 0 Å². The molecule has 1 unspecified atom stereocenters. The molecule has 3 aromatic carbocycles. The van der Waals surface area contributed by atoms with E-state index in [1.54, 1.807) is 54.6 Å². The number of nitrogens with one attached hydrogen (secondary N) is 1. The third-order valence-electron chi connectivity index (χ3n) is 7.40. The fourth-order valence-corrected chi connectivity index (χ4v) is 6.63. The van der Waals surface area contributed by atoms with Gasteiger partial charge in [-0.3, -0.25) is 13.9 Å². The molecule has 1 N–H and O–H groups in total. The quantitative estimate of drug-likeness (QED) is 0.290. The molecule has 0 spiro atoms. The molecular formula is C32H38FN3O5S. The molecular weight excluding hydrogens is 557 g/mol. The smallest absolute Gasteiger partial charge is 0.264 e. The van der Waals surface area contributed by atoms with Crippen LogP contribution in [0.4, 0.5) is 10.1 Å². The number of sulfonamides is 1. The third kappa shape index (κ3) is 7.67. The zero-order valence-electron chi connectivity index (χ0n) is 24.0. The van der Waals surface area contributed by atoms with Crippen molar-refractivity contribution in [1.29, 1.82) is 0 Å². The number of amides is 2. The van der Waals surface area contributed by atoms with Gasteiger partial charge in [0.05, 0.1) is 17.2 Å². The zero-order chi connectivity index (χ0) is 30.1. The van der Waals surface area contributed by atoms with Gasteiger partial charge in [-0.25, -0.2) is 12.8 Å².